The summed E-state index contributed by atoms with van der Waals surface area (Å²) < 4.78 is 5.37. The van der Waals surface area contributed by atoms with Gasteiger partial charge in [0.2, 0.25) is 5.91 Å². The maximum atomic E-state index is 12.8. The van der Waals surface area contributed by atoms with Crippen molar-refractivity contribution in [2.24, 2.45) is 0 Å². The van der Waals surface area contributed by atoms with E-state index in [1.807, 2.05) is 32.6 Å². The van der Waals surface area contributed by atoms with E-state index < -0.39 is 11.7 Å². The van der Waals surface area contributed by atoms with E-state index in [0.717, 1.165) is 25.8 Å². The molecule has 6 heteroatoms. The first-order valence-electron chi connectivity index (χ1n) is 9.97. The van der Waals surface area contributed by atoms with E-state index >= 15 is 0 Å². The van der Waals surface area contributed by atoms with Crippen molar-refractivity contribution >= 4 is 12.0 Å². The summed E-state index contributed by atoms with van der Waals surface area (Å²) in [6, 6.07) is 0.456. The summed E-state index contributed by atoms with van der Waals surface area (Å²) in [6.07, 6.45) is 2.79. The van der Waals surface area contributed by atoms with Crippen LogP contribution in [0, 0.1) is 0 Å². The number of nitrogens with one attached hydrogen (secondary N) is 1. The zero-order valence-electron chi connectivity index (χ0n) is 18.0. The van der Waals surface area contributed by atoms with Crippen molar-refractivity contribution in [1.82, 2.24) is 15.1 Å². The van der Waals surface area contributed by atoms with Gasteiger partial charge in [-0.05, 0) is 74.8 Å². The van der Waals surface area contributed by atoms with Gasteiger partial charge in [-0.25, -0.2) is 4.79 Å². The van der Waals surface area contributed by atoms with Gasteiger partial charge in [-0.15, -0.1) is 0 Å². The summed E-state index contributed by atoms with van der Waals surface area (Å²) in [7, 11) is 0. The van der Waals surface area contributed by atoms with E-state index in [4.69, 9.17) is 4.74 Å². The third-order valence-electron chi connectivity index (χ3n) is 4.72. The molecule has 1 aliphatic heterocycles. The van der Waals surface area contributed by atoms with Crippen molar-refractivity contribution in [3.8, 4) is 0 Å². The third kappa shape index (κ3) is 7.14. The number of nitrogens with zero attached hydrogens (tertiary/aromatic N) is 2. The average molecular weight is 370 g/mol. The van der Waals surface area contributed by atoms with Gasteiger partial charge in [-0.2, -0.15) is 0 Å². The highest BCUT2D eigenvalue weighted by Crippen LogP contribution is 2.21. The molecule has 0 aromatic carbocycles. The standard InChI is InChI=1S/C20H39N3O3/c1-14(2)23(15(3)4)18(24)13-22-12-10-9-11-17(22)16(5)21-19(25)26-20(6,7)8/h14-17H,9-13H2,1-8H3,(H,21,25)/t16-,17+/m1/s1. The second-order valence-corrected chi connectivity index (χ2v) is 8.96. The zero-order chi connectivity index (χ0) is 20.1. The van der Waals surface area contributed by atoms with Crippen molar-refractivity contribution in [1.29, 1.82) is 0 Å². The molecule has 1 N–H and O–H groups in total. The Kier molecular flexibility index (Phi) is 8.38. The van der Waals surface area contributed by atoms with Gasteiger partial charge in [-0.3, -0.25) is 9.69 Å². The first-order chi connectivity index (χ1) is 11.9. The van der Waals surface area contributed by atoms with Crippen LogP contribution in [-0.4, -0.2) is 64.7 Å². The summed E-state index contributed by atoms with van der Waals surface area (Å²) in [5.74, 6) is 0.159. The van der Waals surface area contributed by atoms with Crippen molar-refractivity contribution in [2.75, 3.05) is 13.1 Å². The Morgan fingerprint density at radius 3 is 2.19 bits per heavy atom. The first-order valence-corrected chi connectivity index (χ1v) is 9.97. The van der Waals surface area contributed by atoms with E-state index in [-0.39, 0.29) is 30.1 Å². The molecule has 1 heterocycles. The van der Waals surface area contributed by atoms with Crippen LogP contribution in [0.3, 0.4) is 0 Å². The largest absolute Gasteiger partial charge is 0.444 e. The number of piperidine rings is 1. The fourth-order valence-corrected chi connectivity index (χ4v) is 3.80. The average Bonchev–Trinajstić information content (AvgIpc) is 2.44. The molecular formula is C20H39N3O3. The number of ether oxygens (including phenoxy) is 1. The Bertz CT molecular complexity index is 463. The van der Waals surface area contributed by atoms with Crippen LogP contribution in [0.5, 0.6) is 0 Å². The molecule has 0 spiro atoms. The molecular weight excluding hydrogens is 330 g/mol. The van der Waals surface area contributed by atoms with Crippen molar-refractivity contribution < 1.29 is 14.3 Å². The molecule has 0 unspecified atom stereocenters. The molecule has 0 bridgehead atoms. The highest BCUT2D eigenvalue weighted by Gasteiger charge is 2.32. The summed E-state index contributed by atoms with van der Waals surface area (Å²) in [4.78, 5) is 29.1. The van der Waals surface area contributed by atoms with Crippen LogP contribution in [0.15, 0.2) is 0 Å². The number of hydrogen-bond donors (Lipinski definition) is 1. The van der Waals surface area contributed by atoms with Crippen LogP contribution in [0.2, 0.25) is 0 Å². The molecule has 1 saturated heterocycles. The van der Waals surface area contributed by atoms with Crippen LogP contribution < -0.4 is 5.32 Å². The highest BCUT2D eigenvalue weighted by molar-refractivity contribution is 5.79. The van der Waals surface area contributed by atoms with Crippen molar-refractivity contribution in [2.45, 2.75) is 104 Å². The number of carbonyl (C=O) groups is 2. The van der Waals surface area contributed by atoms with Gasteiger partial charge in [0, 0.05) is 24.2 Å². The third-order valence-corrected chi connectivity index (χ3v) is 4.72. The molecule has 2 amide bonds. The molecule has 1 rings (SSSR count). The molecule has 2 atom stereocenters. The van der Waals surface area contributed by atoms with Gasteiger partial charge in [0.15, 0.2) is 0 Å². The maximum Gasteiger partial charge on any atom is 0.407 e. The van der Waals surface area contributed by atoms with Crippen LogP contribution in [0.25, 0.3) is 0 Å². The topological polar surface area (TPSA) is 61.9 Å². The SMILES string of the molecule is CC(C)N(C(=O)CN1CCCC[C@H]1[C@@H](C)NC(=O)OC(C)(C)C)C(C)C. The van der Waals surface area contributed by atoms with E-state index in [1.165, 1.54) is 0 Å². The molecule has 6 nitrogen and oxygen atoms in total. The van der Waals surface area contributed by atoms with E-state index in [9.17, 15) is 9.59 Å². The Morgan fingerprint density at radius 2 is 1.69 bits per heavy atom. The summed E-state index contributed by atoms with van der Waals surface area (Å²) in [5.41, 5.74) is -0.513. The zero-order valence-corrected chi connectivity index (χ0v) is 18.0. The molecule has 0 aliphatic carbocycles. The minimum atomic E-state index is -0.513. The number of hydrogen-bond acceptors (Lipinski definition) is 4. The monoisotopic (exact) mass is 369 g/mol. The van der Waals surface area contributed by atoms with Crippen molar-refractivity contribution in [3.63, 3.8) is 0 Å². The van der Waals surface area contributed by atoms with Gasteiger partial charge in [0.25, 0.3) is 0 Å². The quantitative estimate of drug-likeness (QED) is 0.779. The van der Waals surface area contributed by atoms with Crippen LogP contribution in [0.1, 0.15) is 74.7 Å². The molecule has 1 fully saturated rings. The summed E-state index contributed by atoms with van der Waals surface area (Å²) in [6.45, 7) is 17.1. The number of amides is 2. The minimum absolute atomic E-state index is 0.0653. The maximum absolute atomic E-state index is 12.8. The molecule has 0 aromatic heterocycles. The Hall–Kier alpha value is -1.30. The number of carbonyl (C=O) groups excluding carboxylic acids is 2. The van der Waals surface area contributed by atoms with Crippen LogP contribution in [0.4, 0.5) is 4.79 Å². The first kappa shape index (κ1) is 22.7. The molecule has 0 aromatic rings. The lowest BCUT2D eigenvalue weighted by atomic mass is 9.96. The Balaban J connectivity index is 2.74. The summed E-state index contributed by atoms with van der Waals surface area (Å²) in [5, 5.41) is 2.96. The van der Waals surface area contributed by atoms with Gasteiger partial charge in [0.1, 0.15) is 5.60 Å². The highest BCUT2D eigenvalue weighted by atomic mass is 16.6. The Labute approximate surface area is 159 Å². The fraction of sp³-hybridized carbons (Fsp3) is 0.900. The van der Waals surface area contributed by atoms with E-state index in [2.05, 4.69) is 37.9 Å². The number of likely N-dealkylation sites (tertiary alicyclic amines) is 1. The van der Waals surface area contributed by atoms with Gasteiger partial charge in [-0.1, -0.05) is 6.42 Å². The second-order valence-electron chi connectivity index (χ2n) is 8.96. The summed E-state index contributed by atoms with van der Waals surface area (Å²) >= 11 is 0. The lowest BCUT2D eigenvalue weighted by molar-refractivity contribution is -0.137. The van der Waals surface area contributed by atoms with Crippen molar-refractivity contribution in [3.05, 3.63) is 0 Å². The number of alkyl carbamates (subject to hydrolysis) is 1. The van der Waals surface area contributed by atoms with Crippen LogP contribution >= 0.6 is 0 Å². The molecule has 1 aliphatic rings. The van der Waals surface area contributed by atoms with Gasteiger partial charge >= 0.3 is 6.09 Å². The lowest BCUT2D eigenvalue weighted by Crippen LogP contribution is -2.56. The minimum Gasteiger partial charge on any atom is -0.444 e. The van der Waals surface area contributed by atoms with Gasteiger partial charge < -0.3 is 15.0 Å². The fourth-order valence-electron chi connectivity index (χ4n) is 3.80. The molecule has 26 heavy (non-hydrogen) atoms. The molecule has 0 saturated carbocycles. The molecule has 0 radical (unpaired) electrons. The Morgan fingerprint density at radius 1 is 1.12 bits per heavy atom. The number of rotatable bonds is 6. The lowest BCUT2D eigenvalue weighted by Gasteiger charge is -2.41. The van der Waals surface area contributed by atoms with Crippen LogP contribution in [-0.2, 0) is 9.53 Å². The molecule has 152 valence electrons. The second kappa shape index (κ2) is 9.58. The smallest absolute Gasteiger partial charge is 0.407 e. The van der Waals surface area contributed by atoms with E-state index in [1.54, 1.807) is 0 Å². The predicted octanol–water partition coefficient (Wildman–Crippen LogP) is 3.40. The normalized spacial score (nSPS) is 20.2. The van der Waals surface area contributed by atoms with E-state index in [0.29, 0.717) is 6.54 Å². The predicted molar refractivity (Wildman–Crippen MR) is 105 cm³/mol. The van der Waals surface area contributed by atoms with Gasteiger partial charge in [0.05, 0.1) is 6.54 Å².